The molecule has 172 valence electrons. The van der Waals surface area contributed by atoms with E-state index in [0.717, 1.165) is 18.4 Å². The maximum Gasteiger partial charge on any atom is 0.252 e. The number of nitrogens with one attached hydrogen (secondary N) is 2. The first-order valence-electron chi connectivity index (χ1n) is 10.5. The lowest BCUT2D eigenvalue weighted by Gasteiger charge is -2.14. The van der Waals surface area contributed by atoms with E-state index in [-0.39, 0.29) is 5.91 Å². The summed E-state index contributed by atoms with van der Waals surface area (Å²) in [7, 11) is 0. The van der Waals surface area contributed by atoms with Gasteiger partial charge in [-0.1, -0.05) is 35.7 Å². The number of hydrogen-bond donors (Lipinski definition) is 2. The van der Waals surface area contributed by atoms with E-state index in [4.69, 9.17) is 41.2 Å². The van der Waals surface area contributed by atoms with Crippen LogP contribution in [-0.2, 0) is 4.79 Å². The third-order valence-electron chi connectivity index (χ3n) is 6.27. The summed E-state index contributed by atoms with van der Waals surface area (Å²) in [6, 6.07) is 9.91. The third kappa shape index (κ3) is 4.57. The zero-order chi connectivity index (χ0) is 24.1. The van der Waals surface area contributed by atoms with Crippen LogP contribution in [0.3, 0.4) is 0 Å². The summed E-state index contributed by atoms with van der Waals surface area (Å²) >= 11 is 18.9. The molecule has 2 aromatic carbocycles. The first-order chi connectivity index (χ1) is 15.5. The van der Waals surface area contributed by atoms with Gasteiger partial charge >= 0.3 is 0 Å². The first-order valence-corrected chi connectivity index (χ1v) is 11.7. The van der Waals surface area contributed by atoms with Crippen molar-refractivity contribution in [3.8, 4) is 12.3 Å². The number of rotatable bonds is 6. The van der Waals surface area contributed by atoms with Crippen LogP contribution in [0.4, 0.5) is 10.1 Å². The van der Waals surface area contributed by atoms with Gasteiger partial charge in [0.1, 0.15) is 16.0 Å². The van der Waals surface area contributed by atoms with Crippen LogP contribution in [0.1, 0.15) is 58.9 Å². The van der Waals surface area contributed by atoms with E-state index in [1.54, 1.807) is 43.3 Å². The number of anilines is 1. The van der Waals surface area contributed by atoms with Gasteiger partial charge < -0.3 is 10.6 Å². The Morgan fingerprint density at radius 2 is 1.91 bits per heavy atom. The van der Waals surface area contributed by atoms with Gasteiger partial charge in [-0.3, -0.25) is 9.59 Å². The fraction of sp³-hybridized carbons (Fsp3) is 0.360. The summed E-state index contributed by atoms with van der Waals surface area (Å²) in [5.41, 5.74) is 1.99. The Morgan fingerprint density at radius 3 is 2.52 bits per heavy atom. The molecular weight excluding hydrogens is 486 g/mol. The van der Waals surface area contributed by atoms with Crippen molar-refractivity contribution >= 4 is 52.3 Å². The Labute approximate surface area is 207 Å². The van der Waals surface area contributed by atoms with E-state index in [0.29, 0.717) is 27.4 Å². The second kappa shape index (κ2) is 8.51. The van der Waals surface area contributed by atoms with Crippen molar-refractivity contribution in [1.29, 1.82) is 0 Å². The van der Waals surface area contributed by atoms with Gasteiger partial charge in [0.15, 0.2) is 0 Å². The summed E-state index contributed by atoms with van der Waals surface area (Å²) in [4.78, 5) is 25.7. The second-order valence-corrected chi connectivity index (χ2v) is 10.6. The van der Waals surface area contributed by atoms with Crippen molar-refractivity contribution in [2.45, 2.75) is 48.7 Å². The van der Waals surface area contributed by atoms with Crippen LogP contribution in [0.15, 0.2) is 36.4 Å². The highest BCUT2D eigenvalue weighted by atomic mass is 35.5. The molecule has 3 unspecified atom stereocenters. The molecule has 4 nitrogen and oxygen atoms in total. The van der Waals surface area contributed by atoms with Gasteiger partial charge in [0, 0.05) is 27.8 Å². The number of halogens is 4. The fourth-order valence-corrected chi connectivity index (χ4v) is 5.10. The van der Waals surface area contributed by atoms with E-state index in [1.807, 2.05) is 0 Å². The molecule has 2 N–H and O–H groups in total. The summed E-state index contributed by atoms with van der Waals surface area (Å²) in [6.07, 6.45) is 5.73. The van der Waals surface area contributed by atoms with Crippen molar-refractivity contribution in [1.82, 2.24) is 5.32 Å². The van der Waals surface area contributed by atoms with E-state index in [9.17, 15) is 14.0 Å². The molecule has 8 heteroatoms. The van der Waals surface area contributed by atoms with Crippen LogP contribution in [0.2, 0.25) is 5.02 Å². The summed E-state index contributed by atoms with van der Waals surface area (Å²) < 4.78 is 12.5. The Bertz CT molecular complexity index is 1180. The van der Waals surface area contributed by atoms with Crippen LogP contribution in [0.25, 0.3) is 0 Å². The Balaban J connectivity index is 1.51. The van der Waals surface area contributed by atoms with E-state index in [2.05, 4.69) is 16.6 Å². The average Bonchev–Trinajstić information content (AvgIpc) is 3.64. The quantitative estimate of drug-likeness (QED) is 0.367. The topological polar surface area (TPSA) is 58.2 Å². The lowest BCUT2D eigenvalue weighted by atomic mass is 10.0. The lowest BCUT2D eigenvalue weighted by molar-refractivity contribution is -0.117. The van der Waals surface area contributed by atoms with Gasteiger partial charge in [0.05, 0.1) is 5.92 Å². The van der Waals surface area contributed by atoms with Crippen LogP contribution in [0.5, 0.6) is 0 Å². The minimum absolute atomic E-state index is 0.290. The molecule has 0 heterocycles. The zero-order valence-corrected chi connectivity index (χ0v) is 20.3. The normalized spacial score (nSPS) is 22.6. The minimum Gasteiger partial charge on any atom is -0.336 e. The molecule has 0 aromatic heterocycles. The van der Waals surface area contributed by atoms with Crippen molar-refractivity contribution in [2.24, 2.45) is 5.92 Å². The molecule has 2 aliphatic carbocycles. The molecular formula is C25H22Cl3FN2O2. The minimum atomic E-state index is -1.34. The van der Waals surface area contributed by atoms with Gasteiger partial charge in [-0.15, -0.1) is 29.6 Å². The Morgan fingerprint density at radius 1 is 1.21 bits per heavy atom. The SMILES string of the molecule is C#CC1(NC(=O)c2cc(NC(=O)C3C(c4ccc(Cl)c(C(C)F)c4)C3(Cl)Cl)ccc2C)CC1. The predicted octanol–water partition coefficient (Wildman–Crippen LogP) is 6.10. The molecule has 0 aliphatic heterocycles. The Hall–Kier alpha value is -2.26. The molecule has 33 heavy (non-hydrogen) atoms. The van der Waals surface area contributed by atoms with E-state index >= 15 is 0 Å². The molecule has 3 atom stereocenters. The monoisotopic (exact) mass is 506 g/mol. The van der Waals surface area contributed by atoms with Crippen LogP contribution >= 0.6 is 34.8 Å². The van der Waals surface area contributed by atoms with Crippen molar-refractivity contribution in [3.63, 3.8) is 0 Å². The van der Waals surface area contributed by atoms with Gasteiger partial charge in [0.2, 0.25) is 5.91 Å². The third-order valence-corrected chi connectivity index (χ3v) is 7.56. The first kappa shape index (κ1) is 23.9. The average molecular weight is 508 g/mol. The smallest absolute Gasteiger partial charge is 0.252 e. The number of hydrogen-bond acceptors (Lipinski definition) is 2. The van der Waals surface area contributed by atoms with Gasteiger partial charge in [-0.05, 0) is 56.0 Å². The molecule has 4 rings (SSSR count). The number of amides is 2. The maximum atomic E-state index is 13.9. The van der Waals surface area contributed by atoms with Gasteiger partial charge in [-0.2, -0.15) is 0 Å². The summed E-state index contributed by atoms with van der Waals surface area (Å²) in [5, 5.41) is 5.97. The highest BCUT2D eigenvalue weighted by Gasteiger charge is 2.67. The summed E-state index contributed by atoms with van der Waals surface area (Å²) in [6.45, 7) is 3.19. The van der Waals surface area contributed by atoms with Crippen LogP contribution in [0, 0.1) is 25.2 Å². The fourth-order valence-electron chi connectivity index (χ4n) is 4.01. The highest BCUT2D eigenvalue weighted by Crippen LogP contribution is 2.65. The summed E-state index contributed by atoms with van der Waals surface area (Å²) in [5.74, 6) is 0.667. The van der Waals surface area contributed by atoms with Crippen molar-refractivity contribution in [2.75, 3.05) is 5.32 Å². The van der Waals surface area contributed by atoms with Gasteiger partial charge in [0.25, 0.3) is 5.91 Å². The van der Waals surface area contributed by atoms with E-state index < -0.39 is 33.8 Å². The number of carbonyl (C=O) groups is 2. The van der Waals surface area contributed by atoms with E-state index in [1.165, 1.54) is 6.92 Å². The number of carbonyl (C=O) groups excluding carboxylic acids is 2. The molecule has 0 bridgehead atoms. The van der Waals surface area contributed by atoms with Crippen LogP contribution < -0.4 is 10.6 Å². The Kier molecular flexibility index (Phi) is 6.16. The lowest BCUT2D eigenvalue weighted by Crippen LogP contribution is -2.36. The standard InChI is InChI=1S/C25H22Cl3FN2O2/c1-4-24(9-10-24)31-22(32)17-12-16(7-5-13(17)2)30-23(33)21-20(25(21,27)28)15-6-8-19(26)18(11-15)14(3)29/h1,5-8,11-12,14,20-21H,9-10H2,2-3H3,(H,30,33)(H,31,32). The van der Waals surface area contributed by atoms with Crippen molar-refractivity contribution < 1.29 is 14.0 Å². The maximum absolute atomic E-state index is 13.9. The number of aryl methyl sites for hydroxylation is 1. The molecule has 0 saturated heterocycles. The molecule has 2 aliphatic rings. The number of alkyl halides is 3. The largest absolute Gasteiger partial charge is 0.336 e. The zero-order valence-electron chi connectivity index (χ0n) is 18.0. The molecule has 2 fully saturated rings. The second-order valence-electron chi connectivity index (χ2n) is 8.73. The number of benzene rings is 2. The highest BCUT2D eigenvalue weighted by molar-refractivity contribution is 6.53. The molecule has 2 aromatic rings. The molecule has 2 amide bonds. The molecule has 0 spiro atoms. The molecule has 2 saturated carbocycles. The van der Waals surface area contributed by atoms with Crippen molar-refractivity contribution in [3.05, 3.63) is 63.7 Å². The van der Waals surface area contributed by atoms with Gasteiger partial charge in [-0.25, -0.2) is 4.39 Å². The molecule has 0 radical (unpaired) electrons. The van der Waals surface area contributed by atoms with Crippen LogP contribution in [-0.4, -0.2) is 21.7 Å². The number of terminal acetylenes is 1. The predicted molar refractivity (Wildman–Crippen MR) is 130 cm³/mol.